The second-order valence-electron chi connectivity index (χ2n) is 35.5. The molecule has 12 aromatic rings. The van der Waals surface area contributed by atoms with E-state index in [1.165, 1.54) is 10.5 Å². The lowest BCUT2D eigenvalue weighted by Crippen LogP contribution is -3.15. The van der Waals surface area contributed by atoms with Crippen molar-refractivity contribution in [1.82, 2.24) is 0 Å². The van der Waals surface area contributed by atoms with Crippen molar-refractivity contribution in [2.75, 3.05) is 190 Å². The number of aliphatic hydroxyl groups excluding tert-OH is 5. The minimum absolute atomic E-state index is 0.0133. The number of nitrogens with zero attached hydrogens (tertiary/aromatic N) is 2. The first-order valence-electron chi connectivity index (χ1n) is 47.5. The van der Waals surface area contributed by atoms with Crippen molar-refractivity contribution in [2.45, 2.75) is 13.3 Å². The van der Waals surface area contributed by atoms with Crippen molar-refractivity contribution < 1.29 is 117 Å². The largest absolute Gasteiger partial charge is 0.391 e. The summed E-state index contributed by atoms with van der Waals surface area (Å²) in [6.45, 7) is 20.0. The van der Waals surface area contributed by atoms with Crippen LogP contribution < -0.4 is 65.6 Å². The Hall–Kier alpha value is -12.7. The van der Waals surface area contributed by atoms with Crippen molar-refractivity contribution in [3.05, 3.63) is 319 Å². The van der Waals surface area contributed by atoms with Gasteiger partial charge in [0.1, 0.15) is 151 Å². The summed E-state index contributed by atoms with van der Waals surface area (Å²) >= 11 is 0. The number of aliphatic hydroxyl groups is 5. The summed E-state index contributed by atoms with van der Waals surface area (Å²) in [7, 11) is 0. The maximum atomic E-state index is 13.2. The van der Waals surface area contributed by atoms with Crippen molar-refractivity contribution in [3.63, 3.8) is 0 Å². The van der Waals surface area contributed by atoms with Gasteiger partial charge in [0.15, 0.2) is 34.7 Å². The molecule has 6 aliphatic rings. The molecular formula is C110H136N14O11+12. The van der Waals surface area contributed by atoms with Crippen LogP contribution in [0.25, 0.3) is 101 Å². The molecule has 0 saturated heterocycles. The fraction of sp³-hybridized carbons (Fsp3) is 0.282. The molecule has 0 bridgehead atoms. The molecule has 0 aliphatic heterocycles. The molecule has 0 fully saturated rings. The van der Waals surface area contributed by atoms with Gasteiger partial charge in [0.05, 0.1) is 73.0 Å². The Morgan fingerprint density at radius 3 is 0.837 bits per heavy atom. The molecule has 700 valence electrons. The van der Waals surface area contributed by atoms with Gasteiger partial charge in [-0.25, -0.2) is 0 Å². The van der Waals surface area contributed by atoms with Crippen LogP contribution in [0.4, 0.5) is 0 Å². The van der Waals surface area contributed by atoms with Gasteiger partial charge in [-0.15, -0.1) is 0 Å². The minimum Gasteiger partial charge on any atom is -0.391 e. The number of nitrogens with two attached hydrogens (primary N) is 4. The van der Waals surface area contributed by atoms with Crippen molar-refractivity contribution >= 4 is 142 Å². The smallest absolute Gasteiger partial charge is 0.338 e. The summed E-state index contributed by atoms with van der Waals surface area (Å²) in [5.74, 6) is 0.925. The fourth-order valence-corrected chi connectivity index (χ4v) is 20.0. The van der Waals surface area contributed by atoms with Gasteiger partial charge in [-0.05, 0) is 109 Å². The van der Waals surface area contributed by atoms with E-state index < -0.39 is 0 Å². The number of rotatable bonds is 37. The SMILES string of the molecule is CCC[N+](CC[NH3+])(CC[NH3+])CC1=Cc2cccc3cccc(c23)C1=O.NC(N)=[NH+]CC[NH2+]CC1=Cc2cccc3cccc(c23)C1=O.O=C1C(C[N+](CCO)(CCO)CCO)=Cc2cccc3cccc1c23.O=C1C(C[NH+](CCO)CCO)=Cc2cccc3cccc1c23.[NH3+]CC[NH+](CC[NH3+])CC1=Cc2cccc3cccc(c23)C1=O.[NH3+]CC[NH2+]CC1=Cc2cccc3cccc(c23)C1=O. The Morgan fingerprint density at radius 2 is 0.570 bits per heavy atom. The number of hydrogen-bond acceptors (Lipinski definition) is 11. The lowest BCUT2D eigenvalue weighted by Gasteiger charge is -2.38. The van der Waals surface area contributed by atoms with Gasteiger partial charge in [-0.2, -0.15) is 0 Å². The molecule has 0 amide bonds. The van der Waals surface area contributed by atoms with E-state index in [1.807, 2.05) is 170 Å². The average Bonchev–Trinajstić information content (AvgIpc) is 0.805. The van der Waals surface area contributed by atoms with Gasteiger partial charge < -0.3 is 83.6 Å². The predicted molar refractivity (Wildman–Crippen MR) is 535 cm³/mol. The van der Waals surface area contributed by atoms with Crippen LogP contribution >= 0.6 is 0 Å². The number of nitrogens with one attached hydrogen (secondary N) is 3. The van der Waals surface area contributed by atoms with Gasteiger partial charge >= 0.3 is 5.96 Å². The zero-order valence-electron chi connectivity index (χ0n) is 77.9. The lowest BCUT2D eigenvalue weighted by molar-refractivity contribution is -0.932. The molecule has 25 nitrogen and oxygen atoms in total. The minimum atomic E-state index is -0.0619. The molecule has 0 unspecified atom stereocenters. The number of hydrogen-bond donors (Lipinski definition) is 17. The van der Waals surface area contributed by atoms with Crippen LogP contribution in [-0.2, 0) is 0 Å². The number of carbonyl (C=O) groups is 6. The first-order chi connectivity index (χ1) is 65.7. The zero-order valence-corrected chi connectivity index (χ0v) is 77.9. The topological polar surface area (TPSA) is 450 Å². The second kappa shape index (κ2) is 48.0. The molecule has 0 aromatic heterocycles. The Morgan fingerprint density at radius 1 is 0.311 bits per heavy atom. The molecule has 25 heteroatoms. The molecule has 6 aliphatic carbocycles. The number of carbonyl (C=O) groups excluding carboxylic acids is 6. The van der Waals surface area contributed by atoms with E-state index in [-0.39, 0.29) is 73.7 Å². The van der Waals surface area contributed by atoms with Crippen LogP contribution in [0.1, 0.15) is 109 Å². The molecule has 0 spiro atoms. The first kappa shape index (κ1) is 99.8. The Bertz CT molecular complexity index is 6240. The summed E-state index contributed by atoms with van der Waals surface area (Å²) in [5, 5.41) is 63.8. The van der Waals surface area contributed by atoms with Crippen LogP contribution in [0.2, 0.25) is 0 Å². The fourth-order valence-electron chi connectivity index (χ4n) is 20.0. The van der Waals surface area contributed by atoms with E-state index in [1.54, 1.807) is 0 Å². The van der Waals surface area contributed by atoms with Crippen LogP contribution in [0.5, 0.6) is 0 Å². The number of Topliss-reactive ketones (excluding diaryl/α,β-unsaturated/α-hetero) is 6. The number of quaternary nitrogens is 11. The molecule has 0 radical (unpaired) electrons. The van der Waals surface area contributed by atoms with E-state index in [4.69, 9.17) is 21.7 Å². The predicted octanol–water partition coefficient (Wildman–Crippen LogP) is -0.0178. The van der Waals surface area contributed by atoms with E-state index in [9.17, 15) is 44.1 Å². The highest BCUT2D eigenvalue weighted by molar-refractivity contribution is 6.27. The van der Waals surface area contributed by atoms with Crippen molar-refractivity contribution in [2.24, 2.45) is 11.5 Å². The molecular weight excluding hydrogens is 1690 g/mol. The summed E-state index contributed by atoms with van der Waals surface area (Å²) in [6, 6.07) is 72.2. The Kier molecular flexibility index (Phi) is 35.4. The van der Waals surface area contributed by atoms with Crippen LogP contribution in [0.3, 0.4) is 0 Å². The van der Waals surface area contributed by atoms with Gasteiger partial charge in [0.2, 0.25) is 0 Å². The summed E-state index contributed by atoms with van der Waals surface area (Å²) < 4.78 is 1.21. The summed E-state index contributed by atoms with van der Waals surface area (Å²) in [5.41, 5.74) is 46.9. The highest BCUT2D eigenvalue weighted by atomic mass is 16.3. The third-order valence-corrected chi connectivity index (χ3v) is 26.2. The monoisotopic (exact) mass is 1830 g/mol. The van der Waals surface area contributed by atoms with Crippen molar-refractivity contribution in [1.29, 1.82) is 0 Å². The molecule has 12 aromatic carbocycles. The van der Waals surface area contributed by atoms with Crippen LogP contribution in [-0.4, -0.2) is 265 Å². The summed E-state index contributed by atoms with van der Waals surface area (Å²) in [4.78, 5) is 82.2. The molecule has 0 saturated carbocycles. The molecule has 135 heavy (non-hydrogen) atoms. The molecule has 0 atom stereocenters. The number of benzene rings is 12. The third-order valence-electron chi connectivity index (χ3n) is 26.2. The van der Waals surface area contributed by atoms with Crippen molar-refractivity contribution in [3.8, 4) is 0 Å². The summed E-state index contributed by atoms with van der Waals surface area (Å²) in [6.07, 6.45) is 13.2. The zero-order chi connectivity index (χ0) is 95.5. The van der Waals surface area contributed by atoms with Gasteiger partial charge in [0.25, 0.3) is 0 Å². The molecule has 18 rings (SSSR count). The standard InChI is InChI=1S/C21H28N3O.C20H24NO4.C18H21N3O.C18H19NO3.C17H18N4O.C16H16N2O/c1-2-11-24(12-9-22,13-10-23)15-18-14-17-7-3-5-16-6-4-8-19(20(16)17)21(18)25;22-10-7-21(8-11-23,9-12-24)14-17-13-16-5-1-3-15-4-2-6-18(19(15)16)20(17)25;19-7-9-21(10-8-20)12-15-11-14-5-1-3-13-4-2-6-16(17(13)14)18(15)22;20-9-7-19(8-10-21)12-15-11-14-5-1-3-13-4-2-6-16(17(13)14)18(15)22;18-17(19)21-8-7-20-10-13-9-12-5-1-3-11-4-2-6-14(15(11)12)16(13)22;17-7-8-18-10-13-9-12-5-1-3-11-4-2-6-14(15(11)12)16(13)19/h3-8,14H,2,9-13,15,22-23H2,1H3;1-6,13,22-24H,7-12,14H2;1-6,11H,7-10,12,19-20H2;1-6,11,20-21H,7-10,12H2;1-6,9,20H,7-8,10H2,(H4,18,19,21);1-6,9,18H,7-8,10,17H2/q2*+1;;;;/p+10. The Labute approximate surface area is 788 Å². The van der Waals surface area contributed by atoms with Gasteiger partial charge in [-0.1, -0.05) is 225 Å². The highest BCUT2D eigenvalue weighted by Gasteiger charge is 2.36. The quantitative estimate of drug-likeness (QED) is 0.0106. The second-order valence-corrected chi connectivity index (χ2v) is 35.5. The molecule has 0 heterocycles. The maximum Gasteiger partial charge on any atom is 0.338 e. The van der Waals surface area contributed by atoms with Gasteiger partial charge in [-0.3, -0.25) is 45.2 Å². The van der Waals surface area contributed by atoms with Gasteiger partial charge in [0, 0.05) is 65.7 Å². The van der Waals surface area contributed by atoms with Crippen LogP contribution in [0, 0.1) is 0 Å². The number of guanidine groups is 1. The van der Waals surface area contributed by atoms with E-state index >= 15 is 0 Å². The van der Waals surface area contributed by atoms with E-state index in [2.05, 4.69) is 136 Å². The maximum absolute atomic E-state index is 13.2. The Balaban J connectivity index is 0.000000137. The number of ketones is 6. The average molecular weight is 1830 g/mol. The van der Waals surface area contributed by atoms with E-state index in [0.29, 0.717) is 74.5 Å². The van der Waals surface area contributed by atoms with E-state index in [0.717, 1.165) is 262 Å². The molecule has 31 N–H and O–H groups in total. The third kappa shape index (κ3) is 23.6. The van der Waals surface area contributed by atoms with Crippen LogP contribution in [0.15, 0.2) is 252 Å². The lowest BCUT2D eigenvalue weighted by atomic mass is 9.87. The normalized spacial score (nSPS) is 13.8. The first-order valence-corrected chi connectivity index (χ1v) is 47.5. The highest BCUT2D eigenvalue weighted by Crippen LogP contribution is 2.38.